The lowest BCUT2D eigenvalue weighted by molar-refractivity contribution is -0.303. The van der Waals surface area contributed by atoms with Crippen LogP contribution >= 0.6 is 0 Å². The smallest absolute Gasteiger partial charge is 0.249 e. The number of amides is 1. The van der Waals surface area contributed by atoms with E-state index < -0.39 is 74.2 Å². The molecule has 354 valence electrons. The molecule has 0 spiro atoms. The maximum atomic E-state index is 13.1. The Morgan fingerprint density at radius 3 is 1.48 bits per heavy atom. The number of unbranched alkanes of at least 4 members (excludes halogenated alkanes) is 25. The van der Waals surface area contributed by atoms with Gasteiger partial charge >= 0.3 is 0 Å². The Kier molecular flexibility index (Phi) is 37.0. The molecular formula is C49H93NO10. The van der Waals surface area contributed by atoms with Gasteiger partial charge in [-0.2, -0.15) is 0 Å². The van der Waals surface area contributed by atoms with Crippen molar-refractivity contribution in [1.82, 2.24) is 5.32 Å². The molecule has 9 unspecified atom stereocenters. The monoisotopic (exact) mass is 856 g/mol. The normalized spacial score (nSPS) is 21.8. The zero-order valence-electron chi connectivity index (χ0n) is 38.2. The number of nitrogens with one attached hydrogen (secondary N) is 1. The molecule has 0 aromatic carbocycles. The number of carbonyl (C=O) groups excluding carboxylic acids is 1. The lowest BCUT2D eigenvalue weighted by Gasteiger charge is -2.40. The van der Waals surface area contributed by atoms with Crippen molar-refractivity contribution in [3.8, 4) is 0 Å². The first-order chi connectivity index (χ1) is 29.2. The van der Waals surface area contributed by atoms with E-state index in [1.165, 1.54) is 128 Å². The van der Waals surface area contributed by atoms with E-state index in [-0.39, 0.29) is 12.8 Å². The largest absolute Gasteiger partial charge is 0.394 e. The molecule has 11 heteroatoms. The molecule has 60 heavy (non-hydrogen) atoms. The van der Waals surface area contributed by atoms with Crippen LogP contribution < -0.4 is 5.32 Å². The molecule has 1 aliphatic rings. The summed E-state index contributed by atoms with van der Waals surface area (Å²) in [5.74, 6) is -0.710. The van der Waals surface area contributed by atoms with Crippen molar-refractivity contribution in [2.75, 3.05) is 13.2 Å². The Bertz CT molecular complexity index is 1030. The first-order valence-corrected chi connectivity index (χ1v) is 24.7. The summed E-state index contributed by atoms with van der Waals surface area (Å²) in [4.78, 5) is 13.1. The predicted molar refractivity (Wildman–Crippen MR) is 242 cm³/mol. The number of hydrogen-bond donors (Lipinski definition) is 8. The molecule has 0 bridgehead atoms. The number of aliphatic hydroxyl groups excluding tert-OH is 7. The van der Waals surface area contributed by atoms with Crippen LogP contribution in [0.3, 0.4) is 0 Å². The summed E-state index contributed by atoms with van der Waals surface area (Å²) in [6.45, 7) is 3.42. The van der Waals surface area contributed by atoms with Gasteiger partial charge in [0.25, 0.3) is 0 Å². The quantitative estimate of drug-likeness (QED) is 0.0218. The van der Waals surface area contributed by atoms with Crippen LogP contribution in [-0.2, 0) is 14.3 Å². The molecule has 1 fully saturated rings. The molecule has 1 amide bonds. The minimum absolute atomic E-state index is 0.248. The van der Waals surface area contributed by atoms with Crippen LogP contribution in [0.4, 0.5) is 0 Å². The molecule has 9 atom stereocenters. The summed E-state index contributed by atoms with van der Waals surface area (Å²) in [5, 5.41) is 75.7. The molecule has 1 heterocycles. The van der Waals surface area contributed by atoms with Crippen molar-refractivity contribution in [3.05, 3.63) is 24.3 Å². The highest BCUT2D eigenvalue weighted by molar-refractivity contribution is 5.80. The summed E-state index contributed by atoms with van der Waals surface area (Å²) in [6.07, 6.45) is 32.3. The van der Waals surface area contributed by atoms with Gasteiger partial charge in [0.1, 0.15) is 36.6 Å². The first kappa shape index (κ1) is 56.6. The van der Waals surface area contributed by atoms with E-state index in [1.54, 1.807) is 0 Å². The van der Waals surface area contributed by atoms with Crippen molar-refractivity contribution in [2.45, 2.75) is 268 Å². The van der Waals surface area contributed by atoms with Gasteiger partial charge in [-0.05, 0) is 51.4 Å². The van der Waals surface area contributed by atoms with Gasteiger partial charge in [0.15, 0.2) is 6.29 Å². The van der Waals surface area contributed by atoms with Gasteiger partial charge in [-0.1, -0.05) is 186 Å². The molecule has 1 aliphatic heterocycles. The van der Waals surface area contributed by atoms with E-state index in [4.69, 9.17) is 9.47 Å². The molecule has 0 saturated carbocycles. The highest BCUT2D eigenvalue weighted by Crippen LogP contribution is 2.23. The standard InChI is InChI=1S/C49H93NO10/c1-3-5-7-9-11-13-15-17-18-19-20-21-22-23-25-26-28-30-32-34-36-41(52)44(54)40(39-59-49-47(57)46(56)45(55)43(38-51)60-49)50-48(58)42(53)37-35-33-31-29-27-24-16-14-12-10-8-6-4-2/h22-23,28,30,40-47,49,51-57H,3-21,24-27,29,31-39H2,1-2H3,(H,50,58)/b23-22+,30-28+. The summed E-state index contributed by atoms with van der Waals surface area (Å²) in [5.41, 5.74) is 0. The summed E-state index contributed by atoms with van der Waals surface area (Å²) in [6, 6.07) is -1.19. The number of ether oxygens (including phenoxy) is 2. The molecule has 0 aliphatic carbocycles. The Morgan fingerprint density at radius 2 is 1.00 bits per heavy atom. The fourth-order valence-corrected chi connectivity index (χ4v) is 7.87. The Balaban J connectivity index is 2.44. The average Bonchev–Trinajstić information content (AvgIpc) is 3.25. The number of aliphatic hydroxyl groups is 7. The maximum Gasteiger partial charge on any atom is 0.249 e. The highest BCUT2D eigenvalue weighted by atomic mass is 16.7. The van der Waals surface area contributed by atoms with E-state index in [2.05, 4.69) is 43.5 Å². The highest BCUT2D eigenvalue weighted by Gasteiger charge is 2.44. The van der Waals surface area contributed by atoms with Crippen molar-refractivity contribution in [3.63, 3.8) is 0 Å². The number of hydrogen-bond acceptors (Lipinski definition) is 10. The van der Waals surface area contributed by atoms with E-state index >= 15 is 0 Å². The van der Waals surface area contributed by atoms with Gasteiger partial charge in [0, 0.05) is 0 Å². The first-order valence-electron chi connectivity index (χ1n) is 24.7. The zero-order valence-corrected chi connectivity index (χ0v) is 38.2. The van der Waals surface area contributed by atoms with Crippen LogP contribution in [0.25, 0.3) is 0 Å². The minimum atomic E-state index is -1.67. The molecule has 0 radical (unpaired) electrons. The van der Waals surface area contributed by atoms with E-state index in [9.17, 15) is 40.5 Å². The SMILES string of the molecule is CCCCCCCCCCCCC/C=C/CC/C=C/CCCC(O)C(O)C(COC1OC(CO)C(O)C(O)C1O)NC(=O)C(O)CCCCCCCCCCCCCCC. The van der Waals surface area contributed by atoms with Crippen LogP contribution in [0.5, 0.6) is 0 Å². The second-order valence-electron chi connectivity index (χ2n) is 17.5. The lowest BCUT2D eigenvalue weighted by atomic mass is 9.98. The molecular weight excluding hydrogens is 763 g/mol. The maximum absolute atomic E-state index is 13.1. The molecule has 1 saturated heterocycles. The Labute approximate surface area is 365 Å². The lowest BCUT2D eigenvalue weighted by Crippen LogP contribution is -2.60. The number of rotatable bonds is 41. The number of allylic oxidation sites excluding steroid dienone is 4. The average molecular weight is 856 g/mol. The van der Waals surface area contributed by atoms with Gasteiger partial charge in [0.2, 0.25) is 5.91 Å². The summed E-state index contributed by atoms with van der Waals surface area (Å²) < 4.78 is 11.1. The van der Waals surface area contributed by atoms with Crippen LogP contribution in [0.2, 0.25) is 0 Å². The zero-order chi connectivity index (χ0) is 44.1. The molecule has 11 nitrogen and oxygen atoms in total. The van der Waals surface area contributed by atoms with Crippen molar-refractivity contribution >= 4 is 5.91 Å². The van der Waals surface area contributed by atoms with Crippen LogP contribution in [0, 0.1) is 0 Å². The fourth-order valence-electron chi connectivity index (χ4n) is 7.87. The third kappa shape index (κ3) is 28.3. The van der Waals surface area contributed by atoms with Gasteiger partial charge in [-0.3, -0.25) is 4.79 Å². The second kappa shape index (κ2) is 39.2. The van der Waals surface area contributed by atoms with Gasteiger partial charge in [0.05, 0.1) is 25.4 Å². The van der Waals surface area contributed by atoms with E-state index in [0.29, 0.717) is 19.3 Å². The second-order valence-corrected chi connectivity index (χ2v) is 17.5. The fraction of sp³-hybridized carbons (Fsp3) is 0.898. The third-order valence-corrected chi connectivity index (χ3v) is 12.0. The van der Waals surface area contributed by atoms with Crippen molar-refractivity contribution in [1.29, 1.82) is 0 Å². The van der Waals surface area contributed by atoms with E-state index in [1.807, 2.05) is 0 Å². The summed E-state index contributed by atoms with van der Waals surface area (Å²) >= 11 is 0. The Morgan fingerprint density at radius 1 is 0.567 bits per heavy atom. The molecule has 1 rings (SSSR count). The third-order valence-electron chi connectivity index (χ3n) is 12.0. The van der Waals surface area contributed by atoms with E-state index in [0.717, 1.165) is 38.5 Å². The summed E-state index contributed by atoms with van der Waals surface area (Å²) in [7, 11) is 0. The van der Waals surface area contributed by atoms with Crippen molar-refractivity contribution < 1.29 is 50.0 Å². The molecule has 8 N–H and O–H groups in total. The molecule has 0 aromatic heterocycles. The number of carbonyl (C=O) groups is 1. The van der Waals surface area contributed by atoms with Crippen LogP contribution in [-0.4, -0.2) is 110 Å². The van der Waals surface area contributed by atoms with Gasteiger partial charge in [-0.15, -0.1) is 0 Å². The van der Waals surface area contributed by atoms with Crippen LogP contribution in [0.1, 0.15) is 213 Å². The minimum Gasteiger partial charge on any atom is -0.394 e. The van der Waals surface area contributed by atoms with Crippen LogP contribution in [0.15, 0.2) is 24.3 Å². The van der Waals surface area contributed by atoms with Crippen molar-refractivity contribution in [2.24, 2.45) is 0 Å². The topological polar surface area (TPSA) is 189 Å². The van der Waals surface area contributed by atoms with Gasteiger partial charge in [-0.25, -0.2) is 0 Å². The Hall–Kier alpha value is -1.41. The molecule has 0 aromatic rings. The predicted octanol–water partition coefficient (Wildman–Crippen LogP) is 8.62. The van der Waals surface area contributed by atoms with Gasteiger partial charge < -0.3 is 50.5 Å².